The molecule has 10 nitrogen and oxygen atoms in total. The van der Waals surface area contributed by atoms with Crippen LogP contribution in [0, 0.1) is 6.92 Å². The van der Waals surface area contributed by atoms with Crippen LogP contribution in [0.3, 0.4) is 0 Å². The third-order valence-corrected chi connectivity index (χ3v) is 54.7. The van der Waals surface area contributed by atoms with E-state index in [2.05, 4.69) is 449 Å². The van der Waals surface area contributed by atoms with E-state index in [-0.39, 0.29) is 46.1 Å². The average Bonchev–Trinajstić information content (AvgIpc) is 1.53. The molecule has 0 N–H and O–H groups in total. The van der Waals surface area contributed by atoms with Gasteiger partial charge in [0.25, 0.3) is 23.6 Å². The van der Waals surface area contributed by atoms with Crippen molar-refractivity contribution in [1.82, 2.24) is 10.1 Å². The number of hydrogen-bond acceptors (Lipinski definition) is 12. The van der Waals surface area contributed by atoms with Gasteiger partial charge in [0.05, 0.1) is 3.79 Å². The normalized spacial score (nSPS) is 11.8. The molecule has 19 rings (SSSR count). The molecule has 0 atom stereocenters. The number of unbranched alkanes of at least 4 members (excludes halogenated alkanes) is 3. The number of thiophene rings is 4. The second-order valence-corrected chi connectivity index (χ2v) is 60.2. The fourth-order valence-corrected chi connectivity index (χ4v) is 47.1. The molecule has 17 aromatic rings. The van der Waals surface area contributed by atoms with Crippen LogP contribution in [-0.2, 0) is 49.3 Å². The SMILES string of the molecule is CCC[CH2][Sn]([CH2]CCC)([CH2]CCC)[c]1cccs1.Cc1ccccc1.O=C(ON1C(=O)CCC1=O)c1ccc(-c2cccs2)s1.O=C(ON1C(=O)CCC1=O)c1ccc(Br)s1.[Pd].c1ccc(P(c2ccccc2)c2ccccc2)cc1.c1ccc(P(c2ccccc2)c2ccccc2)cc1.c1ccc(P(c2ccccc2)c2ccccc2)cc1.c1ccc(P(c2ccccc2)c2ccccc2)cc1. The molecule has 13 aromatic carbocycles. The molecule has 704 valence electrons. The van der Waals surface area contributed by atoms with E-state index in [1.165, 1.54) is 130 Å². The summed E-state index contributed by atoms with van der Waals surface area (Å²) in [4.78, 5) is 80.8. The van der Waals surface area contributed by atoms with Crippen LogP contribution in [0.4, 0.5) is 0 Å². The number of carbonyl (C=O) groups excluding carboxylic acids is 6. The van der Waals surface area contributed by atoms with Gasteiger partial charge in [0.15, 0.2) is 0 Å². The van der Waals surface area contributed by atoms with Crippen LogP contribution in [-0.4, -0.2) is 64.1 Å². The number of hydroxylamine groups is 4. The van der Waals surface area contributed by atoms with Gasteiger partial charge in [-0.2, -0.15) is 0 Å². The molecule has 4 amide bonds. The third kappa shape index (κ3) is 33.7. The maximum atomic E-state index is 11.9. The standard InChI is InChI=1S/4C18H15P.C13H9NO4S2.C9H6BrNO4S.C7H8.C4H3S.3C4H9.Pd.Sn/c4*1-4-10-16(11-5-1)19(17-12-6-2-7-13-17)18-14-8-3-9-15-18;15-11-5-6-12(16)14(11)18-13(17)10-4-3-9(20-10)8-2-1-7-19-8;10-6-2-1-5(16-6)9(14)15-11-7(12)3-4-8(11)13;1-7-5-3-2-4-6-7;1-2-4-5-3-1;3*1-3-4-2;;/h4*1-15H;1-4,7H,5-6H2;1-2H,3-4H2;2-6H,1H3;1-3H;3*1,3-4H2,2H3;;. The molecule has 2 aliphatic rings. The Balaban J connectivity index is 0.000000152. The van der Waals surface area contributed by atoms with E-state index < -0.39 is 85.6 Å². The zero-order chi connectivity index (χ0) is 95.9. The van der Waals surface area contributed by atoms with Gasteiger partial charge < -0.3 is 9.68 Å². The molecular weight excluding hydrogens is 2120 g/mol. The van der Waals surface area contributed by atoms with Gasteiger partial charge in [-0.1, -0.05) is 406 Å². The van der Waals surface area contributed by atoms with Gasteiger partial charge in [-0.25, -0.2) is 9.59 Å². The fourth-order valence-electron chi connectivity index (χ4n) is 15.1. The van der Waals surface area contributed by atoms with Crippen molar-refractivity contribution >= 4 is 213 Å². The van der Waals surface area contributed by atoms with Crippen LogP contribution in [0.25, 0.3) is 9.75 Å². The number of aryl methyl sites for hydroxylation is 1. The summed E-state index contributed by atoms with van der Waals surface area (Å²) < 4.78 is 7.45. The predicted octanol–water partition coefficient (Wildman–Crippen LogP) is 26.0. The van der Waals surface area contributed by atoms with Crippen LogP contribution in [0.5, 0.6) is 0 Å². The van der Waals surface area contributed by atoms with E-state index in [0.717, 1.165) is 13.5 Å². The van der Waals surface area contributed by atoms with E-state index in [4.69, 9.17) is 9.68 Å². The third-order valence-electron chi connectivity index (χ3n) is 21.9. The quantitative estimate of drug-likeness (QED) is 0.0283. The van der Waals surface area contributed by atoms with E-state index in [1.807, 2.05) is 44.7 Å². The topological polar surface area (TPSA) is 127 Å². The number of nitrogens with zero attached hydrogens (tertiary/aromatic N) is 2. The minimum absolute atomic E-state index is 0. The number of imide groups is 2. The summed E-state index contributed by atoms with van der Waals surface area (Å²) in [5.74, 6) is -3.28. The van der Waals surface area contributed by atoms with Crippen molar-refractivity contribution in [2.75, 3.05) is 0 Å². The molecule has 2 fully saturated rings. The summed E-state index contributed by atoms with van der Waals surface area (Å²) in [7, 11) is -1.78. The largest absolute Gasteiger partial charge is 0.373 e. The van der Waals surface area contributed by atoms with E-state index in [9.17, 15) is 28.8 Å². The maximum Gasteiger partial charge on any atom is 0.373 e. The van der Waals surface area contributed by atoms with Crippen LogP contribution in [0.1, 0.15) is 110 Å². The molecule has 2 aliphatic heterocycles. The van der Waals surface area contributed by atoms with Crippen molar-refractivity contribution in [3.8, 4) is 9.75 Å². The molecule has 0 saturated carbocycles. The molecule has 0 unspecified atom stereocenters. The number of hydrogen-bond donors (Lipinski definition) is 0. The Hall–Kier alpha value is -10.5. The van der Waals surface area contributed by atoms with Crippen LogP contribution in [0.15, 0.2) is 457 Å². The molecule has 0 radical (unpaired) electrons. The Morgan fingerprint density at radius 1 is 0.290 bits per heavy atom. The molecule has 0 spiro atoms. The van der Waals surface area contributed by atoms with Crippen LogP contribution < -0.4 is 66.5 Å². The first kappa shape index (κ1) is 108. The summed E-state index contributed by atoms with van der Waals surface area (Å²) in [5.41, 5.74) is 1.32. The molecule has 6 heterocycles. The summed E-state index contributed by atoms with van der Waals surface area (Å²) in [5, 5.41) is 22.1. The Labute approximate surface area is 861 Å². The van der Waals surface area contributed by atoms with Crippen molar-refractivity contribution in [2.45, 2.75) is 105 Å². The zero-order valence-electron chi connectivity index (χ0n) is 77.8. The Morgan fingerprint density at radius 3 is 0.725 bits per heavy atom. The van der Waals surface area contributed by atoms with Crippen molar-refractivity contribution < 1.29 is 58.9 Å². The van der Waals surface area contributed by atoms with Gasteiger partial charge >= 0.3 is 135 Å². The monoisotopic (exact) mass is 2230 g/mol. The molecule has 2 saturated heterocycles. The van der Waals surface area contributed by atoms with E-state index in [1.54, 1.807) is 42.8 Å². The van der Waals surface area contributed by atoms with Gasteiger partial charge in [0.1, 0.15) is 9.75 Å². The number of amides is 4. The molecule has 21 heteroatoms. The zero-order valence-corrected chi connectivity index (χ0v) is 90.6. The van der Waals surface area contributed by atoms with Crippen LogP contribution >= 0.6 is 93.0 Å². The van der Waals surface area contributed by atoms with Gasteiger partial charge in [0.2, 0.25) is 0 Å². The average molecular weight is 2230 g/mol. The summed E-state index contributed by atoms with van der Waals surface area (Å²) in [6.07, 6.45) is 8.94. The Morgan fingerprint density at radius 2 is 0.522 bits per heavy atom. The van der Waals surface area contributed by atoms with E-state index in [0.29, 0.717) is 19.9 Å². The van der Waals surface area contributed by atoms with Crippen LogP contribution in [0.2, 0.25) is 13.3 Å². The molecule has 0 aliphatic carbocycles. The van der Waals surface area contributed by atoms with Crippen molar-refractivity contribution in [3.05, 3.63) is 473 Å². The summed E-state index contributed by atoms with van der Waals surface area (Å²) in [6.45, 7) is 9.14. The minimum atomic E-state index is -2.01. The fraction of sp³-hybridized carbons (Fsp3) is 0.145. The summed E-state index contributed by atoms with van der Waals surface area (Å²) in [6, 6.07) is 155. The Kier molecular flexibility index (Phi) is 46.8. The summed E-state index contributed by atoms with van der Waals surface area (Å²) >= 11 is 7.28. The van der Waals surface area contributed by atoms with Crippen molar-refractivity contribution in [2.24, 2.45) is 0 Å². The number of halogens is 1. The van der Waals surface area contributed by atoms with Crippen molar-refractivity contribution in [3.63, 3.8) is 0 Å². The first-order chi connectivity index (χ1) is 67.2. The smallest absolute Gasteiger partial charge is 0.324 e. The second-order valence-electron chi connectivity index (χ2n) is 31.8. The molecular formula is C117H113BrN2O8P4PdS4Sn. The Bertz CT molecular complexity index is 5450. The number of carbonyl (C=O) groups is 6. The molecule has 138 heavy (non-hydrogen) atoms. The first-order valence-electron chi connectivity index (χ1n) is 46.1. The van der Waals surface area contributed by atoms with Crippen molar-refractivity contribution in [1.29, 1.82) is 0 Å². The molecule has 0 bridgehead atoms. The first-order valence-corrected chi connectivity index (χ1v) is 63.2. The molecule has 4 aromatic heterocycles. The van der Waals surface area contributed by atoms with E-state index >= 15 is 0 Å². The minimum Gasteiger partial charge on any atom is -0.324 e. The van der Waals surface area contributed by atoms with Gasteiger partial charge in [0, 0.05) is 55.9 Å². The predicted molar refractivity (Wildman–Crippen MR) is 593 cm³/mol. The van der Waals surface area contributed by atoms with Gasteiger partial charge in [-0.3, -0.25) is 19.2 Å². The number of rotatable bonds is 27. The number of benzene rings is 13. The van der Waals surface area contributed by atoms with Gasteiger partial charge in [-0.05, 0) is 154 Å². The van der Waals surface area contributed by atoms with Gasteiger partial charge in [-0.15, -0.1) is 44.1 Å². The second kappa shape index (κ2) is 59.9. The maximum absolute atomic E-state index is 11.9.